The molecule has 0 saturated carbocycles. The van der Waals surface area contributed by atoms with Gasteiger partial charge in [0.05, 0.1) is 11.3 Å². The van der Waals surface area contributed by atoms with Crippen molar-refractivity contribution in [3.63, 3.8) is 0 Å². The number of pyridine rings is 1. The predicted molar refractivity (Wildman–Crippen MR) is 87.2 cm³/mol. The second-order valence-corrected chi connectivity index (χ2v) is 5.25. The Morgan fingerprint density at radius 3 is 2.08 bits per heavy atom. The van der Waals surface area contributed by atoms with E-state index in [4.69, 9.17) is 0 Å². The Balaban J connectivity index is 1.65. The van der Waals surface area contributed by atoms with Gasteiger partial charge in [0.25, 0.3) is 5.91 Å². The van der Waals surface area contributed by atoms with Crippen molar-refractivity contribution in [3.05, 3.63) is 89.6 Å². The topological polar surface area (TPSA) is 42.0 Å². The van der Waals surface area contributed by atoms with Crippen LogP contribution < -0.4 is 5.32 Å². The highest BCUT2D eigenvalue weighted by Gasteiger charge is 2.07. The van der Waals surface area contributed by atoms with E-state index in [1.54, 1.807) is 36.4 Å². The largest absolute Gasteiger partial charge is 0.348 e. The van der Waals surface area contributed by atoms with Gasteiger partial charge in [0.15, 0.2) is 0 Å². The fraction of sp³-hybridized carbons (Fsp3) is 0.0526. The van der Waals surface area contributed by atoms with E-state index >= 15 is 0 Å². The fourth-order valence-corrected chi connectivity index (χ4v) is 2.21. The number of aromatic nitrogens is 1. The van der Waals surface area contributed by atoms with Crippen LogP contribution in [0.25, 0.3) is 11.3 Å². The highest BCUT2D eigenvalue weighted by atomic mass is 19.1. The van der Waals surface area contributed by atoms with Gasteiger partial charge in [-0.15, -0.1) is 0 Å². The molecular weight excluding hydrogens is 310 g/mol. The fourth-order valence-electron chi connectivity index (χ4n) is 2.21. The van der Waals surface area contributed by atoms with E-state index in [-0.39, 0.29) is 17.5 Å². The number of rotatable bonds is 4. The summed E-state index contributed by atoms with van der Waals surface area (Å²) in [5, 5.41) is 2.75. The lowest BCUT2D eigenvalue weighted by atomic mass is 10.1. The van der Waals surface area contributed by atoms with E-state index in [1.165, 1.54) is 30.5 Å². The van der Waals surface area contributed by atoms with Gasteiger partial charge in [-0.2, -0.15) is 0 Å². The summed E-state index contributed by atoms with van der Waals surface area (Å²) >= 11 is 0. The van der Waals surface area contributed by atoms with Gasteiger partial charge in [0.2, 0.25) is 0 Å². The van der Waals surface area contributed by atoms with Gasteiger partial charge < -0.3 is 5.32 Å². The molecule has 1 N–H and O–H groups in total. The summed E-state index contributed by atoms with van der Waals surface area (Å²) in [6.07, 6.45) is 1.47. The second kappa shape index (κ2) is 7.00. The molecule has 0 spiro atoms. The van der Waals surface area contributed by atoms with Crippen molar-refractivity contribution in [1.29, 1.82) is 0 Å². The normalized spacial score (nSPS) is 10.4. The maximum Gasteiger partial charge on any atom is 0.253 e. The molecule has 0 bridgehead atoms. The quantitative estimate of drug-likeness (QED) is 0.789. The zero-order valence-electron chi connectivity index (χ0n) is 12.7. The van der Waals surface area contributed by atoms with Crippen LogP contribution in [0.15, 0.2) is 66.9 Å². The Kier molecular flexibility index (Phi) is 4.61. The smallest absolute Gasteiger partial charge is 0.253 e. The molecule has 1 amide bonds. The van der Waals surface area contributed by atoms with Crippen LogP contribution in [0, 0.1) is 11.6 Å². The van der Waals surface area contributed by atoms with Gasteiger partial charge in [0.1, 0.15) is 11.6 Å². The third kappa shape index (κ3) is 3.81. The maximum atomic E-state index is 12.9. The summed E-state index contributed by atoms with van der Waals surface area (Å²) in [4.78, 5) is 16.3. The zero-order valence-corrected chi connectivity index (χ0v) is 12.7. The third-order valence-electron chi connectivity index (χ3n) is 3.53. The van der Waals surface area contributed by atoms with Crippen molar-refractivity contribution in [2.24, 2.45) is 0 Å². The van der Waals surface area contributed by atoms with E-state index in [0.29, 0.717) is 17.8 Å². The molecule has 0 unspecified atom stereocenters. The Labute approximate surface area is 138 Å². The van der Waals surface area contributed by atoms with Crippen molar-refractivity contribution in [3.8, 4) is 11.3 Å². The van der Waals surface area contributed by atoms with Gasteiger partial charge in [-0.05, 0) is 54.1 Å². The number of hydrogen-bond donors (Lipinski definition) is 1. The summed E-state index contributed by atoms with van der Waals surface area (Å²) in [5.41, 5.74) is 2.66. The van der Waals surface area contributed by atoms with Gasteiger partial charge >= 0.3 is 0 Å². The lowest BCUT2D eigenvalue weighted by Crippen LogP contribution is -2.22. The molecule has 5 heteroatoms. The first-order valence-electron chi connectivity index (χ1n) is 7.36. The Morgan fingerprint density at radius 1 is 0.875 bits per heavy atom. The van der Waals surface area contributed by atoms with Gasteiger partial charge in [-0.3, -0.25) is 9.78 Å². The minimum atomic E-state index is -0.314. The number of amides is 1. The van der Waals surface area contributed by atoms with Crippen LogP contribution >= 0.6 is 0 Å². The number of nitrogens with zero attached hydrogens (tertiary/aromatic N) is 1. The molecule has 24 heavy (non-hydrogen) atoms. The van der Waals surface area contributed by atoms with Crippen LogP contribution in [-0.4, -0.2) is 10.9 Å². The highest BCUT2D eigenvalue weighted by molar-refractivity contribution is 5.94. The molecule has 0 aliphatic rings. The number of benzene rings is 2. The van der Waals surface area contributed by atoms with Crippen LogP contribution in [0.3, 0.4) is 0 Å². The number of carbonyl (C=O) groups is 1. The van der Waals surface area contributed by atoms with Crippen molar-refractivity contribution in [1.82, 2.24) is 10.3 Å². The number of carbonyl (C=O) groups excluding carboxylic acids is 1. The van der Waals surface area contributed by atoms with E-state index in [0.717, 1.165) is 11.1 Å². The average Bonchev–Trinajstić information content (AvgIpc) is 2.62. The van der Waals surface area contributed by atoms with Gasteiger partial charge in [0, 0.05) is 18.3 Å². The van der Waals surface area contributed by atoms with Crippen molar-refractivity contribution in [2.45, 2.75) is 6.54 Å². The van der Waals surface area contributed by atoms with Crippen LogP contribution in [-0.2, 0) is 6.54 Å². The number of hydrogen-bond acceptors (Lipinski definition) is 2. The molecule has 1 heterocycles. The summed E-state index contributed by atoms with van der Waals surface area (Å²) < 4.78 is 25.8. The lowest BCUT2D eigenvalue weighted by molar-refractivity contribution is 0.0950. The molecule has 0 fully saturated rings. The van der Waals surface area contributed by atoms with Crippen molar-refractivity contribution >= 4 is 5.91 Å². The molecule has 0 saturated heterocycles. The van der Waals surface area contributed by atoms with E-state index in [9.17, 15) is 13.6 Å². The zero-order chi connectivity index (χ0) is 16.9. The molecule has 0 aliphatic heterocycles. The molecule has 2 aromatic carbocycles. The first-order valence-corrected chi connectivity index (χ1v) is 7.36. The Morgan fingerprint density at radius 2 is 1.50 bits per heavy atom. The average molecular weight is 324 g/mol. The summed E-state index contributed by atoms with van der Waals surface area (Å²) in [5.74, 6) is -0.890. The van der Waals surface area contributed by atoms with Crippen molar-refractivity contribution in [2.75, 3.05) is 0 Å². The molecule has 0 atom stereocenters. The van der Waals surface area contributed by atoms with E-state index in [1.807, 2.05) is 0 Å². The first-order chi connectivity index (χ1) is 11.6. The van der Waals surface area contributed by atoms with Gasteiger partial charge in [-0.1, -0.05) is 12.1 Å². The van der Waals surface area contributed by atoms with E-state index < -0.39 is 0 Å². The standard InChI is InChI=1S/C19H14F2N2O/c20-16-6-1-13(2-7-16)11-23-19(24)15-5-10-18(22-12-15)14-3-8-17(21)9-4-14/h1-10,12H,11H2,(H,23,24). The molecule has 120 valence electrons. The summed E-state index contributed by atoms with van der Waals surface area (Å²) in [6.45, 7) is 0.304. The van der Waals surface area contributed by atoms with E-state index in [2.05, 4.69) is 10.3 Å². The molecule has 3 aromatic rings. The predicted octanol–water partition coefficient (Wildman–Crippen LogP) is 3.96. The number of halogens is 2. The molecule has 1 aromatic heterocycles. The van der Waals surface area contributed by atoms with Crippen LogP contribution in [0.2, 0.25) is 0 Å². The molecular formula is C19H14F2N2O. The minimum absolute atomic E-state index is 0.266. The molecule has 3 rings (SSSR count). The number of nitrogens with one attached hydrogen (secondary N) is 1. The first kappa shape index (κ1) is 15.8. The Hall–Kier alpha value is -3.08. The highest BCUT2D eigenvalue weighted by Crippen LogP contribution is 2.17. The summed E-state index contributed by atoms with van der Waals surface area (Å²) in [7, 11) is 0. The minimum Gasteiger partial charge on any atom is -0.348 e. The van der Waals surface area contributed by atoms with Crippen LogP contribution in [0.4, 0.5) is 8.78 Å². The maximum absolute atomic E-state index is 12.9. The second-order valence-electron chi connectivity index (χ2n) is 5.25. The lowest BCUT2D eigenvalue weighted by Gasteiger charge is -2.06. The monoisotopic (exact) mass is 324 g/mol. The summed E-state index contributed by atoms with van der Waals surface area (Å²) in [6, 6.07) is 15.3. The molecule has 0 aliphatic carbocycles. The molecule has 3 nitrogen and oxygen atoms in total. The third-order valence-corrected chi connectivity index (χ3v) is 3.53. The van der Waals surface area contributed by atoms with Crippen LogP contribution in [0.1, 0.15) is 15.9 Å². The SMILES string of the molecule is O=C(NCc1ccc(F)cc1)c1ccc(-c2ccc(F)cc2)nc1. The molecule has 0 radical (unpaired) electrons. The Bertz CT molecular complexity index is 829. The van der Waals surface area contributed by atoms with Gasteiger partial charge in [-0.25, -0.2) is 8.78 Å². The van der Waals surface area contributed by atoms with Crippen molar-refractivity contribution < 1.29 is 13.6 Å². The van der Waals surface area contributed by atoms with Crippen LogP contribution in [0.5, 0.6) is 0 Å².